The molecule has 0 radical (unpaired) electrons. The second-order valence-electron chi connectivity index (χ2n) is 8.28. The Morgan fingerprint density at radius 1 is 1.18 bits per heavy atom. The summed E-state index contributed by atoms with van der Waals surface area (Å²) in [5, 5.41) is 6.95. The maximum Gasteiger partial charge on any atom is 0.230 e. The normalized spacial score (nSPS) is 20.7. The summed E-state index contributed by atoms with van der Waals surface area (Å²) < 4.78 is 0. The van der Waals surface area contributed by atoms with Gasteiger partial charge in [0.15, 0.2) is 5.96 Å². The summed E-state index contributed by atoms with van der Waals surface area (Å²) in [5.74, 6) is 1.57. The number of rotatable bonds is 5. The number of halogens is 1. The van der Waals surface area contributed by atoms with E-state index in [1.165, 1.54) is 30.4 Å². The fourth-order valence-corrected chi connectivity index (χ4v) is 4.75. The monoisotopic (exact) mass is 498 g/mol. The molecule has 0 heterocycles. The molecule has 2 aliphatic rings. The van der Waals surface area contributed by atoms with Crippen LogP contribution in [0.3, 0.4) is 0 Å². The first-order valence-corrected chi connectivity index (χ1v) is 10.3. The van der Waals surface area contributed by atoms with Gasteiger partial charge in [-0.1, -0.05) is 37.1 Å². The van der Waals surface area contributed by atoms with Crippen LogP contribution < -0.4 is 10.6 Å². The number of carbonyl (C=O) groups is 1. The van der Waals surface area contributed by atoms with Crippen LogP contribution in [0.5, 0.6) is 0 Å². The Kier molecular flexibility index (Phi) is 8.58. The van der Waals surface area contributed by atoms with Crippen molar-refractivity contribution in [3.8, 4) is 0 Å². The Labute approximate surface area is 186 Å². The SMILES string of the molecule is CN=C(NCC1CCCc2ccccc21)NCC1(C(=O)N(C)C)CCCC1.I. The lowest BCUT2D eigenvalue weighted by Gasteiger charge is -2.32. The molecule has 1 unspecified atom stereocenters. The first kappa shape index (κ1) is 23.0. The number of benzene rings is 1. The molecule has 1 saturated carbocycles. The zero-order valence-electron chi connectivity index (χ0n) is 17.5. The summed E-state index contributed by atoms with van der Waals surface area (Å²) in [4.78, 5) is 18.9. The molecule has 2 aliphatic carbocycles. The molecule has 1 fully saturated rings. The largest absolute Gasteiger partial charge is 0.356 e. The quantitative estimate of drug-likeness (QED) is 0.371. The van der Waals surface area contributed by atoms with Gasteiger partial charge in [-0.15, -0.1) is 24.0 Å². The number of amides is 1. The van der Waals surface area contributed by atoms with Crippen molar-refractivity contribution in [1.82, 2.24) is 15.5 Å². The molecule has 3 rings (SSSR count). The molecule has 1 atom stereocenters. The van der Waals surface area contributed by atoms with Gasteiger partial charge in [0.25, 0.3) is 0 Å². The molecule has 6 heteroatoms. The van der Waals surface area contributed by atoms with E-state index < -0.39 is 0 Å². The van der Waals surface area contributed by atoms with Crippen LogP contribution in [-0.2, 0) is 11.2 Å². The third-order valence-electron chi connectivity index (χ3n) is 6.25. The first-order valence-electron chi connectivity index (χ1n) is 10.3. The molecule has 2 N–H and O–H groups in total. The number of hydrogen-bond acceptors (Lipinski definition) is 2. The number of guanidine groups is 1. The van der Waals surface area contributed by atoms with Crippen LogP contribution in [0.4, 0.5) is 0 Å². The summed E-state index contributed by atoms with van der Waals surface area (Å²) in [6.07, 6.45) is 7.83. The fourth-order valence-electron chi connectivity index (χ4n) is 4.75. The number of nitrogens with one attached hydrogen (secondary N) is 2. The maximum atomic E-state index is 12.7. The van der Waals surface area contributed by atoms with Gasteiger partial charge in [0.2, 0.25) is 5.91 Å². The highest BCUT2D eigenvalue weighted by molar-refractivity contribution is 14.0. The minimum atomic E-state index is -0.279. The molecular formula is C22H35IN4O. The van der Waals surface area contributed by atoms with Crippen LogP contribution in [0.25, 0.3) is 0 Å². The van der Waals surface area contributed by atoms with E-state index in [0.717, 1.165) is 38.2 Å². The molecular weight excluding hydrogens is 463 g/mol. The number of fused-ring (bicyclic) bond motifs is 1. The van der Waals surface area contributed by atoms with Gasteiger partial charge in [-0.2, -0.15) is 0 Å². The van der Waals surface area contributed by atoms with Crippen LogP contribution in [0.1, 0.15) is 55.6 Å². The summed E-state index contributed by atoms with van der Waals surface area (Å²) in [7, 11) is 5.52. The summed E-state index contributed by atoms with van der Waals surface area (Å²) in [6, 6.07) is 8.80. The Balaban J connectivity index is 0.00000280. The van der Waals surface area contributed by atoms with Gasteiger partial charge >= 0.3 is 0 Å². The molecule has 1 amide bonds. The highest BCUT2D eigenvalue weighted by Crippen LogP contribution is 2.39. The molecule has 0 aromatic heterocycles. The fraction of sp³-hybridized carbons (Fsp3) is 0.636. The molecule has 5 nitrogen and oxygen atoms in total. The lowest BCUT2D eigenvalue weighted by atomic mass is 9.83. The third-order valence-corrected chi connectivity index (χ3v) is 6.25. The minimum absolute atomic E-state index is 0. The summed E-state index contributed by atoms with van der Waals surface area (Å²) in [6.45, 7) is 1.54. The van der Waals surface area contributed by atoms with E-state index in [-0.39, 0.29) is 35.3 Å². The van der Waals surface area contributed by atoms with E-state index in [9.17, 15) is 4.79 Å². The van der Waals surface area contributed by atoms with Crippen molar-refractivity contribution in [2.75, 3.05) is 34.2 Å². The van der Waals surface area contributed by atoms with Crippen LogP contribution in [0.2, 0.25) is 0 Å². The molecule has 0 saturated heterocycles. The van der Waals surface area contributed by atoms with Gasteiger partial charge < -0.3 is 15.5 Å². The van der Waals surface area contributed by atoms with Gasteiger partial charge in [0, 0.05) is 40.2 Å². The van der Waals surface area contributed by atoms with Gasteiger partial charge in [-0.05, 0) is 43.2 Å². The van der Waals surface area contributed by atoms with Crippen molar-refractivity contribution < 1.29 is 4.79 Å². The number of carbonyl (C=O) groups excluding carboxylic acids is 1. The molecule has 156 valence electrons. The van der Waals surface area contributed by atoms with E-state index in [2.05, 4.69) is 39.9 Å². The zero-order valence-corrected chi connectivity index (χ0v) is 19.8. The molecule has 0 spiro atoms. The van der Waals surface area contributed by atoms with Crippen molar-refractivity contribution in [2.24, 2.45) is 10.4 Å². The molecule has 0 bridgehead atoms. The molecule has 0 aliphatic heterocycles. The van der Waals surface area contributed by atoms with Crippen LogP contribution in [-0.4, -0.2) is 51.0 Å². The van der Waals surface area contributed by atoms with Gasteiger partial charge in [0.1, 0.15) is 0 Å². The van der Waals surface area contributed by atoms with Crippen molar-refractivity contribution in [1.29, 1.82) is 0 Å². The molecule has 1 aromatic carbocycles. The Hall–Kier alpha value is -1.31. The van der Waals surface area contributed by atoms with Crippen molar-refractivity contribution in [3.63, 3.8) is 0 Å². The predicted molar refractivity (Wildman–Crippen MR) is 126 cm³/mol. The molecule has 28 heavy (non-hydrogen) atoms. The highest BCUT2D eigenvalue weighted by atomic mass is 127. The Bertz CT molecular complexity index is 683. The summed E-state index contributed by atoms with van der Waals surface area (Å²) >= 11 is 0. The minimum Gasteiger partial charge on any atom is -0.356 e. The second kappa shape index (κ2) is 10.5. The average molecular weight is 498 g/mol. The van der Waals surface area contributed by atoms with Crippen molar-refractivity contribution in [2.45, 2.75) is 50.9 Å². The highest BCUT2D eigenvalue weighted by Gasteiger charge is 2.42. The second-order valence-corrected chi connectivity index (χ2v) is 8.28. The first-order chi connectivity index (χ1) is 13.1. The number of nitrogens with zero attached hydrogens (tertiary/aromatic N) is 2. The van der Waals surface area contributed by atoms with Crippen LogP contribution in [0.15, 0.2) is 29.3 Å². The average Bonchev–Trinajstić information content (AvgIpc) is 3.17. The topological polar surface area (TPSA) is 56.7 Å². The summed E-state index contributed by atoms with van der Waals surface area (Å²) in [5.41, 5.74) is 2.68. The zero-order chi connectivity index (χ0) is 19.3. The number of aryl methyl sites for hydroxylation is 1. The standard InChI is InChI=1S/C22H34N4O.HI/c1-23-21(25-16-22(13-6-7-14-22)20(27)26(2)3)24-15-18-11-8-10-17-9-4-5-12-19(17)18;/h4-5,9,12,18H,6-8,10-11,13-16H2,1-3H3,(H2,23,24,25);1H. The van der Waals surface area contributed by atoms with Gasteiger partial charge in [-0.25, -0.2) is 0 Å². The van der Waals surface area contributed by atoms with Gasteiger partial charge in [-0.3, -0.25) is 9.79 Å². The van der Waals surface area contributed by atoms with E-state index in [4.69, 9.17) is 0 Å². The third kappa shape index (κ3) is 5.19. The maximum absolute atomic E-state index is 12.7. The van der Waals surface area contributed by atoms with E-state index in [1.54, 1.807) is 11.9 Å². The van der Waals surface area contributed by atoms with E-state index in [1.807, 2.05) is 14.1 Å². The van der Waals surface area contributed by atoms with E-state index >= 15 is 0 Å². The smallest absolute Gasteiger partial charge is 0.230 e. The van der Waals surface area contributed by atoms with Gasteiger partial charge in [0.05, 0.1) is 5.41 Å². The molecule has 1 aromatic rings. The van der Waals surface area contributed by atoms with Crippen molar-refractivity contribution >= 4 is 35.8 Å². The lowest BCUT2D eigenvalue weighted by Crippen LogP contribution is -2.49. The number of aliphatic imine (C=N–C) groups is 1. The predicted octanol–water partition coefficient (Wildman–Crippen LogP) is 3.54. The van der Waals surface area contributed by atoms with Crippen molar-refractivity contribution in [3.05, 3.63) is 35.4 Å². The van der Waals surface area contributed by atoms with E-state index in [0.29, 0.717) is 12.5 Å². The van der Waals surface area contributed by atoms with Crippen LogP contribution >= 0.6 is 24.0 Å². The number of hydrogen-bond donors (Lipinski definition) is 2. The van der Waals surface area contributed by atoms with Crippen LogP contribution in [0, 0.1) is 5.41 Å². The Morgan fingerprint density at radius 3 is 2.57 bits per heavy atom. The lowest BCUT2D eigenvalue weighted by molar-refractivity contribution is -0.138. The Morgan fingerprint density at radius 2 is 1.89 bits per heavy atom.